The molecule has 7 heteroatoms. The van der Waals surface area contributed by atoms with Crippen molar-refractivity contribution < 1.29 is 23.9 Å². The molecular weight excluding hydrogens is 432 g/mol. The lowest BCUT2D eigenvalue weighted by molar-refractivity contribution is -0.126. The Hall–Kier alpha value is -3.84. The molecule has 5 rings (SSSR count). The molecule has 0 aromatic heterocycles. The summed E-state index contributed by atoms with van der Waals surface area (Å²) in [5.41, 5.74) is 4.27. The van der Waals surface area contributed by atoms with Gasteiger partial charge in [0.05, 0.1) is 31.6 Å². The van der Waals surface area contributed by atoms with Gasteiger partial charge in [-0.25, -0.2) is 9.96 Å². The van der Waals surface area contributed by atoms with Gasteiger partial charge in [0.25, 0.3) is 5.91 Å². The first-order valence-electron chi connectivity index (χ1n) is 11.1. The Bertz CT molecular complexity index is 1240. The predicted molar refractivity (Wildman–Crippen MR) is 128 cm³/mol. The maximum absolute atomic E-state index is 13.7. The van der Waals surface area contributed by atoms with E-state index in [1.165, 1.54) is 4.90 Å². The molecule has 0 radical (unpaired) electrons. The van der Waals surface area contributed by atoms with Crippen LogP contribution < -0.4 is 19.4 Å². The quantitative estimate of drug-likeness (QED) is 0.529. The summed E-state index contributed by atoms with van der Waals surface area (Å²) in [6, 6.07) is 20.0. The monoisotopic (exact) mass is 458 g/mol. The summed E-state index contributed by atoms with van der Waals surface area (Å²) < 4.78 is 10.6. The first-order chi connectivity index (χ1) is 16.4. The molecule has 3 atom stereocenters. The summed E-state index contributed by atoms with van der Waals surface area (Å²) in [6.07, 6.45) is -0.914. The average Bonchev–Trinajstić information content (AvgIpc) is 3.37. The SMILES string of the molecule is COc1ccc([C@@H]2[C@@H]3C(=O)N(c4ccc(C)c(C)c4)C(=O)[C@H]3ON2c2ccc(OC)cc2)cc1. The fraction of sp³-hybridized carbons (Fsp3) is 0.259. The van der Waals surface area contributed by atoms with Crippen molar-refractivity contribution in [2.75, 3.05) is 24.2 Å². The van der Waals surface area contributed by atoms with E-state index in [4.69, 9.17) is 14.3 Å². The molecule has 0 N–H and O–H groups in total. The fourth-order valence-electron chi connectivity index (χ4n) is 4.63. The van der Waals surface area contributed by atoms with Gasteiger partial charge in [0.2, 0.25) is 5.91 Å². The van der Waals surface area contributed by atoms with Crippen LogP contribution in [0.3, 0.4) is 0 Å². The van der Waals surface area contributed by atoms with Crippen LogP contribution in [-0.2, 0) is 14.4 Å². The number of hydroxylamine groups is 1. The van der Waals surface area contributed by atoms with Crippen molar-refractivity contribution in [1.29, 1.82) is 0 Å². The Morgan fingerprint density at radius 1 is 0.735 bits per heavy atom. The molecule has 2 aliphatic heterocycles. The van der Waals surface area contributed by atoms with Gasteiger partial charge in [-0.15, -0.1) is 0 Å². The van der Waals surface area contributed by atoms with Crippen LogP contribution in [0.5, 0.6) is 11.5 Å². The minimum atomic E-state index is -0.914. The third kappa shape index (κ3) is 3.49. The molecular formula is C27H26N2O5. The Morgan fingerprint density at radius 3 is 1.91 bits per heavy atom. The number of benzene rings is 3. The summed E-state index contributed by atoms with van der Waals surface area (Å²) in [5, 5.41) is 1.67. The zero-order chi connectivity index (χ0) is 24.0. The summed E-state index contributed by atoms with van der Waals surface area (Å²) in [6.45, 7) is 3.96. The van der Waals surface area contributed by atoms with Crippen molar-refractivity contribution >= 4 is 23.2 Å². The number of carbonyl (C=O) groups excluding carboxylic acids is 2. The number of anilines is 2. The van der Waals surface area contributed by atoms with Gasteiger partial charge >= 0.3 is 0 Å². The highest BCUT2D eigenvalue weighted by molar-refractivity contribution is 6.24. The molecule has 0 spiro atoms. The van der Waals surface area contributed by atoms with Crippen molar-refractivity contribution in [1.82, 2.24) is 0 Å². The van der Waals surface area contributed by atoms with E-state index in [1.807, 2.05) is 80.6 Å². The van der Waals surface area contributed by atoms with Gasteiger partial charge in [0.15, 0.2) is 6.10 Å². The minimum Gasteiger partial charge on any atom is -0.497 e. The van der Waals surface area contributed by atoms with Gasteiger partial charge in [0.1, 0.15) is 17.4 Å². The smallest absolute Gasteiger partial charge is 0.266 e. The normalized spacial score (nSPS) is 21.7. The van der Waals surface area contributed by atoms with Crippen LogP contribution in [0.15, 0.2) is 66.7 Å². The van der Waals surface area contributed by atoms with E-state index < -0.39 is 18.1 Å². The van der Waals surface area contributed by atoms with Crippen LogP contribution in [-0.4, -0.2) is 32.1 Å². The Balaban J connectivity index is 1.56. The van der Waals surface area contributed by atoms with Gasteiger partial charge in [-0.05, 0) is 79.1 Å². The molecule has 2 saturated heterocycles. The van der Waals surface area contributed by atoms with Gasteiger partial charge in [-0.3, -0.25) is 14.4 Å². The largest absolute Gasteiger partial charge is 0.497 e. The zero-order valence-electron chi connectivity index (χ0n) is 19.5. The van der Waals surface area contributed by atoms with Crippen molar-refractivity contribution in [2.45, 2.75) is 26.0 Å². The second-order valence-corrected chi connectivity index (χ2v) is 8.57. The molecule has 2 fully saturated rings. The molecule has 0 bridgehead atoms. The Labute approximate surface area is 198 Å². The van der Waals surface area contributed by atoms with Crippen LogP contribution in [0.4, 0.5) is 11.4 Å². The van der Waals surface area contributed by atoms with E-state index in [1.54, 1.807) is 19.3 Å². The van der Waals surface area contributed by atoms with Crippen LogP contribution >= 0.6 is 0 Å². The number of amides is 2. The molecule has 174 valence electrons. The predicted octanol–water partition coefficient (Wildman–Crippen LogP) is 4.37. The number of methoxy groups -OCH3 is 2. The third-order valence-electron chi connectivity index (χ3n) is 6.65. The second kappa shape index (κ2) is 8.50. The minimum absolute atomic E-state index is 0.268. The number of hydrogen-bond donors (Lipinski definition) is 0. The molecule has 0 unspecified atom stereocenters. The van der Waals surface area contributed by atoms with Crippen LogP contribution in [0.25, 0.3) is 0 Å². The Kier molecular flexibility index (Phi) is 5.49. The molecule has 0 aliphatic carbocycles. The number of rotatable bonds is 5. The van der Waals surface area contributed by atoms with E-state index in [-0.39, 0.29) is 11.8 Å². The standard InChI is InChI=1S/C27H26N2O5/c1-16-5-8-20(15-17(16)2)28-26(30)23-24(18-6-11-21(32-3)12-7-18)29(34-25(23)27(28)31)19-9-13-22(33-4)14-10-19/h5-15,23-25H,1-4H3/t23-,24+,25-/m0/s1. The van der Waals surface area contributed by atoms with E-state index >= 15 is 0 Å². The highest BCUT2D eigenvalue weighted by Gasteiger charge is 2.60. The molecule has 2 aliphatic rings. The van der Waals surface area contributed by atoms with Crippen molar-refractivity contribution in [2.24, 2.45) is 5.92 Å². The van der Waals surface area contributed by atoms with Crippen LogP contribution in [0.1, 0.15) is 22.7 Å². The maximum Gasteiger partial charge on any atom is 0.266 e. The lowest BCUT2D eigenvalue weighted by Crippen LogP contribution is -2.37. The summed E-state index contributed by atoms with van der Waals surface area (Å²) in [5.74, 6) is 0.102. The van der Waals surface area contributed by atoms with Crippen LogP contribution in [0.2, 0.25) is 0 Å². The summed E-state index contributed by atoms with van der Waals surface area (Å²) >= 11 is 0. The zero-order valence-corrected chi connectivity index (χ0v) is 19.5. The number of nitrogens with zero attached hydrogens (tertiary/aromatic N) is 2. The highest BCUT2D eigenvalue weighted by atomic mass is 16.7. The fourth-order valence-corrected chi connectivity index (χ4v) is 4.63. The summed E-state index contributed by atoms with van der Waals surface area (Å²) in [4.78, 5) is 34.7. The Morgan fingerprint density at radius 2 is 1.32 bits per heavy atom. The van der Waals surface area contributed by atoms with E-state index in [0.29, 0.717) is 17.2 Å². The second-order valence-electron chi connectivity index (χ2n) is 8.57. The number of aryl methyl sites for hydroxylation is 2. The molecule has 34 heavy (non-hydrogen) atoms. The number of fused-ring (bicyclic) bond motifs is 1. The van der Waals surface area contributed by atoms with Gasteiger partial charge in [-0.2, -0.15) is 0 Å². The van der Waals surface area contributed by atoms with E-state index in [0.717, 1.165) is 22.4 Å². The number of carbonyl (C=O) groups is 2. The lowest BCUT2D eigenvalue weighted by Gasteiger charge is -2.29. The van der Waals surface area contributed by atoms with E-state index in [2.05, 4.69) is 0 Å². The first-order valence-corrected chi connectivity index (χ1v) is 11.1. The number of imide groups is 1. The molecule has 2 heterocycles. The molecule has 3 aromatic carbocycles. The first kappa shape index (κ1) is 22.0. The van der Waals surface area contributed by atoms with Crippen molar-refractivity contribution in [3.8, 4) is 11.5 Å². The van der Waals surface area contributed by atoms with E-state index in [9.17, 15) is 9.59 Å². The molecule has 2 amide bonds. The topological polar surface area (TPSA) is 68.3 Å². The molecule has 7 nitrogen and oxygen atoms in total. The summed E-state index contributed by atoms with van der Waals surface area (Å²) in [7, 11) is 3.21. The highest BCUT2D eigenvalue weighted by Crippen LogP contribution is 2.48. The van der Waals surface area contributed by atoms with Crippen molar-refractivity contribution in [3.63, 3.8) is 0 Å². The number of hydrogen-bond acceptors (Lipinski definition) is 6. The van der Waals surface area contributed by atoms with Gasteiger partial charge in [0, 0.05) is 0 Å². The molecule has 3 aromatic rings. The van der Waals surface area contributed by atoms with Gasteiger partial charge < -0.3 is 9.47 Å². The lowest BCUT2D eigenvalue weighted by atomic mass is 9.90. The van der Waals surface area contributed by atoms with Gasteiger partial charge in [-0.1, -0.05) is 18.2 Å². The average molecular weight is 459 g/mol. The molecule has 0 saturated carbocycles. The number of ether oxygens (including phenoxy) is 2. The third-order valence-corrected chi connectivity index (χ3v) is 6.65. The van der Waals surface area contributed by atoms with Crippen LogP contribution in [0, 0.1) is 19.8 Å². The maximum atomic E-state index is 13.7. The van der Waals surface area contributed by atoms with Crippen molar-refractivity contribution in [3.05, 3.63) is 83.4 Å².